The van der Waals surface area contributed by atoms with Crippen molar-refractivity contribution < 1.29 is 53.7 Å². The van der Waals surface area contributed by atoms with Gasteiger partial charge in [0.05, 0.1) is 12.5 Å². The summed E-state index contributed by atoms with van der Waals surface area (Å²) in [5, 5.41) is 0. The van der Waals surface area contributed by atoms with Gasteiger partial charge in [-0.1, -0.05) is 13.3 Å². The summed E-state index contributed by atoms with van der Waals surface area (Å²) in [4.78, 5) is 23.1. The highest BCUT2D eigenvalue weighted by Gasteiger charge is 2.60. The Labute approximate surface area is 176 Å². The van der Waals surface area contributed by atoms with Gasteiger partial charge in [0, 0.05) is 20.5 Å². The maximum Gasteiger partial charge on any atom is 0.305 e. The van der Waals surface area contributed by atoms with Gasteiger partial charge in [-0.25, -0.2) is 0 Å². The molecule has 14 heteroatoms. The zero-order chi connectivity index (χ0) is 23.2. The number of hydrogen-bond donors (Lipinski definition) is 0. The number of esters is 2. The summed E-state index contributed by atoms with van der Waals surface area (Å²) < 4.78 is 77.7. The molecule has 0 aromatic carbocycles. The predicted octanol–water partition coefficient (Wildman–Crippen LogP) is -0.286. The molecule has 1 rings (SSSR count). The number of ether oxygens (including phenoxy) is 4. The Balaban J connectivity index is 3.40. The zero-order valence-corrected chi connectivity index (χ0v) is 19.1. The highest BCUT2D eigenvalue weighted by Crippen LogP contribution is 2.38. The maximum atomic E-state index is 11.6. The highest BCUT2D eigenvalue weighted by atomic mass is 32.2. The smallest absolute Gasteiger partial charge is 0.305 e. The summed E-state index contributed by atoms with van der Waals surface area (Å²) in [6.07, 6.45) is -1.21. The fourth-order valence-electron chi connectivity index (χ4n) is 2.66. The largest absolute Gasteiger partial charge is 0.453 e. The van der Waals surface area contributed by atoms with Gasteiger partial charge in [0.25, 0.3) is 20.2 Å². The molecule has 0 spiro atoms. The van der Waals surface area contributed by atoms with Crippen LogP contribution in [0.25, 0.3) is 0 Å². The highest BCUT2D eigenvalue weighted by molar-refractivity contribution is 7.86. The second-order valence-electron chi connectivity index (χ2n) is 6.81. The molecule has 1 aliphatic rings. The molecule has 0 aromatic rings. The Morgan fingerprint density at radius 1 is 0.933 bits per heavy atom. The monoisotopic (exact) mass is 476 g/mol. The van der Waals surface area contributed by atoms with Crippen molar-refractivity contribution in [3.05, 3.63) is 0 Å². The van der Waals surface area contributed by atoms with Crippen molar-refractivity contribution in [2.75, 3.05) is 32.3 Å². The van der Waals surface area contributed by atoms with E-state index in [2.05, 4.69) is 0 Å². The number of hydrogen-bond acceptors (Lipinski definition) is 12. The van der Waals surface area contributed by atoms with Crippen LogP contribution in [0, 0.1) is 0 Å². The average molecular weight is 477 g/mol. The van der Waals surface area contributed by atoms with Crippen molar-refractivity contribution in [2.24, 2.45) is 0 Å². The van der Waals surface area contributed by atoms with Gasteiger partial charge >= 0.3 is 11.9 Å². The van der Waals surface area contributed by atoms with E-state index in [9.17, 15) is 26.4 Å². The van der Waals surface area contributed by atoms with E-state index in [4.69, 9.17) is 27.3 Å². The standard InChI is InChI=1S/C16H28O12S2/c1-6-7-8-23-14-13(26-11(2)17)15(27-12(3)18)28-16(14,9-24-29(4,19)20)10-25-30(5,21)22/h13-15H,6-10H2,1-5H3/t13?,14-,15?/m1/s1. The van der Waals surface area contributed by atoms with Crippen molar-refractivity contribution in [1.82, 2.24) is 0 Å². The number of unbranched alkanes of at least 4 members (excludes halogenated alkanes) is 1. The molecule has 0 amide bonds. The van der Waals surface area contributed by atoms with Gasteiger partial charge in [0.2, 0.25) is 6.29 Å². The molecule has 2 unspecified atom stereocenters. The number of carbonyl (C=O) groups is 2. The van der Waals surface area contributed by atoms with Gasteiger partial charge < -0.3 is 18.9 Å². The third-order valence-electron chi connectivity index (χ3n) is 3.85. The van der Waals surface area contributed by atoms with Crippen LogP contribution >= 0.6 is 0 Å². The van der Waals surface area contributed by atoms with Gasteiger partial charge in [0.15, 0.2) is 11.7 Å². The molecule has 0 aromatic heterocycles. The van der Waals surface area contributed by atoms with Crippen LogP contribution in [-0.4, -0.2) is 85.2 Å². The summed E-state index contributed by atoms with van der Waals surface area (Å²) in [5.74, 6) is -1.54. The van der Waals surface area contributed by atoms with Crippen LogP contribution in [0.2, 0.25) is 0 Å². The van der Waals surface area contributed by atoms with Gasteiger partial charge in [-0.3, -0.25) is 18.0 Å². The average Bonchev–Trinajstić information content (AvgIpc) is 2.83. The van der Waals surface area contributed by atoms with Gasteiger partial charge in [-0.2, -0.15) is 16.8 Å². The summed E-state index contributed by atoms with van der Waals surface area (Å²) in [6.45, 7) is 2.73. The SMILES string of the molecule is CCCCO[C@@H]1C(OC(C)=O)C(OC(C)=O)OC1(COS(C)(=O)=O)COS(C)(=O)=O. The van der Waals surface area contributed by atoms with Crippen LogP contribution < -0.4 is 0 Å². The fraction of sp³-hybridized carbons (Fsp3) is 0.875. The molecule has 176 valence electrons. The molecule has 0 aliphatic carbocycles. The Morgan fingerprint density at radius 3 is 1.83 bits per heavy atom. The first-order valence-corrected chi connectivity index (χ1v) is 12.6. The third-order valence-corrected chi connectivity index (χ3v) is 4.94. The van der Waals surface area contributed by atoms with Crippen LogP contribution in [0.3, 0.4) is 0 Å². The molecular weight excluding hydrogens is 448 g/mol. The van der Waals surface area contributed by atoms with E-state index in [0.29, 0.717) is 6.42 Å². The van der Waals surface area contributed by atoms with Crippen LogP contribution in [0.5, 0.6) is 0 Å². The number of carbonyl (C=O) groups excluding carboxylic acids is 2. The van der Waals surface area contributed by atoms with Gasteiger partial charge in [-0.05, 0) is 6.42 Å². The topological polar surface area (TPSA) is 158 Å². The van der Waals surface area contributed by atoms with Gasteiger partial charge in [0.1, 0.15) is 19.3 Å². The predicted molar refractivity (Wildman–Crippen MR) is 101 cm³/mol. The lowest BCUT2D eigenvalue weighted by atomic mass is 9.96. The first-order chi connectivity index (χ1) is 13.7. The first kappa shape index (κ1) is 26.7. The molecule has 30 heavy (non-hydrogen) atoms. The van der Waals surface area contributed by atoms with Crippen molar-refractivity contribution in [3.63, 3.8) is 0 Å². The molecule has 0 bridgehead atoms. The molecule has 1 saturated heterocycles. The third kappa shape index (κ3) is 8.81. The Bertz CT molecular complexity index is 768. The maximum absolute atomic E-state index is 11.6. The Hall–Kier alpha value is -1.32. The van der Waals surface area contributed by atoms with E-state index in [1.807, 2.05) is 6.92 Å². The quantitative estimate of drug-likeness (QED) is 0.206. The van der Waals surface area contributed by atoms with Crippen molar-refractivity contribution in [3.8, 4) is 0 Å². The minimum Gasteiger partial charge on any atom is -0.453 e. The lowest BCUT2D eigenvalue weighted by Crippen LogP contribution is -2.53. The van der Waals surface area contributed by atoms with E-state index in [-0.39, 0.29) is 6.61 Å². The molecule has 0 saturated carbocycles. The lowest BCUT2D eigenvalue weighted by Gasteiger charge is -2.33. The second kappa shape index (κ2) is 10.8. The van der Waals surface area contributed by atoms with Crippen LogP contribution in [0.4, 0.5) is 0 Å². The summed E-state index contributed by atoms with van der Waals surface area (Å²) in [7, 11) is -7.98. The van der Waals surface area contributed by atoms with Crippen molar-refractivity contribution in [2.45, 2.75) is 57.7 Å². The minimum absolute atomic E-state index is 0.134. The first-order valence-electron chi connectivity index (χ1n) is 9.02. The van der Waals surface area contributed by atoms with E-state index >= 15 is 0 Å². The molecule has 1 aliphatic heterocycles. The Kier molecular flexibility index (Phi) is 9.63. The van der Waals surface area contributed by atoms with Crippen molar-refractivity contribution >= 4 is 32.2 Å². The Morgan fingerprint density at radius 2 is 1.43 bits per heavy atom. The molecule has 12 nitrogen and oxygen atoms in total. The molecule has 3 atom stereocenters. The van der Waals surface area contributed by atoms with Crippen LogP contribution in [-0.2, 0) is 57.1 Å². The van der Waals surface area contributed by atoms with E-state index in [1.165, 1.54) is 0 Å². The van der Waals surface area contributed by atoms with Gasteiger partial charge in [-0.15, -0.1) is 0 Å². The van der Waals surface area contributed by atoms with E-state index in [0.717, 1.165) is 32.8 Å². The summed E-state index contributed by atoms with van der Waals surface area (Å²) in [6, 6.07) is 0. The zero-order valence-electron chi connectivity index (χ0n) is 17.5. The number of rotatable bonds is 12. The molecule has 0 radical (unpaired) electrons. The molecular formula is C16H28O12S2. The summed E-state index contributed by atoms with van der Waals surface area (Å²) >= 11 is 0. The van der Waals surface area contributed by atoms with Crippen molar-refractivity contribution in [1.29, 1.82) is 0 Å². The molecule has 1 heterocycles. The fourth-order valence-corrected chi connectivity index (χ4v) is 3.49. The normalized spacial score (nSPS) is 23.8. The van der Waals surface area contributed by atoms with Crippen LogP contribution in [0.1, 0.15) is 33.6 Å². The van der Waals surface area contributed by atoms with E-state index in [1.54, 1.807) is 0 Å². The minimum atomic E-state index is -3.99. The summed E-state index contributed by atoms with van der Waals surface area (Å²) in [5.41, 5.74) is -1.89. The molecule has 0 N–H and O–H groups in total. The molecule has 1 fully saturated rings. The lowest BCUT2D eigenvalue weighted by molar-refractivity contribution is -0.211. The van der Waals surface area contributed by atoms with E-state index < -0.39 is 69.5 Å². The van der Waals surface area contributed by atoms with Crippen LogP contribution in [0.15, 0.2) is 0 Å². The second-order valence-corrected chi connectivity index (χ2v) is 10.1.